The van der Waals surface area contributed by atoms with E-state index >= 15 is 0 Å². The van der Waals surface area contributed by atoms with Crippen molar-refractivity contribution in [1.29, 1.82) is 10.7 Å². The summed E-state index contributed by atoms with van der Waals surface area (Å²) in [6, 6.07) is 10.5. The summed E-state index contributed by atoms with van der Waals surface area (Å²) >= 11 is 5.88. The molecule has 1 amide bonds. The third-order valence-corrected chi connectivity index (χ3v) is 5.56. The van der Waals surface area contributed by atoms with Gasteiger partial charge in [-0.3, -0.25) is 10.1 Å². The Bertz CT molecular complexity index is 1090. The van der Waals surface area contributed by atoms with Crippen molar-refractivity contribution < 1.29 is 18.0 Å². The molecule has 0 spiro atoms. The van der Waals surface area contributed by atoms with Crippen molar-refractivity contribution in [3.8, 4) is 6.19 Å². The summed E-state index contributed by atoms with van der Waals surface area (Å²) in [5.41, 5.74) is 0.302. The van der Waals surface area contributed by atoms with Crippen molar-refractivity contribution in [2.75, 3.05) is 13.1 Å². The first-order chi connectivity index (χ1) is 16.2. The number of halogens is 4. The van der Waals surface area contributed by atoms with Crippen LogP contribution >= 0.6 is 11.6 Å². The number of carbonyl (C=O) groups is 1. The number of hydrogen-bond donors (Lipinski definition) is 3. The Hall–Kier alpha value is -3.58. The first-order valence-electron chi connectivity index (χ1n) is 10.4. The van der Waals surface area contributed by atoms with Crippen LogP contribution in [-0.2, 0) is 17.5 Å². The van der Waals surface area contributed by atoms with E-state index in [0.717, 1.165) is 17.7 Å². The van der Waals surface area contributed by atoms with Crippen LogP contribution in [0.4, 0.5) is 13.2 Å². The maximum Gasteiger partial charge on any atom is 0.416 e. The fraction of sp³-hybridized carbons (Fsp3) is 0.304. The first kappa shape index (κ1) is 25.1. The lowest BCUT2D eigenvalue weighted by atomic mass is 10.0. The van der Waals surface area contributed by atoms with Crippen molar-refractivity contribution in [3.05, 3.63) is 70.2 Å². The summed E-state index contributed by atoms with van der Waals surface area (Å²) in [7, 11) is 0. The topological polar surface area (TPSA) is 104 Å². The highest BCUT2D eigenvalue weighted by atomic mass is 35.5. The molecule has 3 rings (SSSR count). The van der Waals surface area contributed by atoms with Crippen molar-refractivity contribution in [3.63, 3.8) is 0 Å². The molecule has 7 nitrogen and oxygen atoms in total. The van der Waals surface area contributed by atoms with Gasteiger partial charge in [0.25, 0.3) is 0 Å². The summed E-state index contributed by atoms with van der Waals surface area (Å²) in [5.74, 6) is 0.00525. The molecule has 1 atom stereocenters. The van der Waals surface area contributed by atoms with Gasteiger partial charge in [-0.1, -0.05) is 35.9 Å². The third-order valence-electron chi connectivity index (χ3n) is 5.31. The number of carbonyl (C=O) groups excluding carboxylic acids is 1. The number of hydrogen-bond acceptors (Lipinski definition) is 4. The lowest BCUT2D eigenvalue weighted by Gasteiger charge is -2.29. The van der Waals surface area contributed by atoms with E-state index < -0.39 is 17.8 Å². The van der Waals surface area contributed by atoms with Gasteiger partial charge in [0.2, 0.25) is 11.9 Å². The number of benzene rings is 2. The van der Waals surface area contributed by atoms with E-state index in [1.807, 2.05) is 0 Å². The quantitative estimate of drug-likeness (QED) is 0.237. The Morgan fingerprint density at radius 1 is 1.21 bits per heavy atom. The molecular weight excluding hydrogens is 469 g/mol. The molecule has 1 fully saturated rings. The molecule has 11 heteroatoms. The van der Waals surface area contributed by atoms with Gasteiger partial charge in [-0.05, 0) is 41.8 Å². The Kier molecular flexibility index (Phi) is 8.12. The summed E-state index contributed by atoms with van der Waals surface area (Å²) in [6.07, 6.45) is -1.72. The average Bonchev–Trinajstić information content (AvgIpc) is 3.23. The van der Waals surface area contributed by atoms with Crippen LogP contribution < -0.4 is 10.6 Å². The SMILES string of the molecule is N#CNC(=NCc1ccc(Cl)cc1)NCC(C(=N)c1ccc(C(F)(F)F)cc1)N1CCCC1=O. The zero-order valence-electron chi connectivity index (χ0n) is 18.0. The third kappa shape index (κ3) is 6.48. The molecule has 1 aliphatic heterocycles. The molecule has 0 aliphatic carbocycles. The van der Waals surface area contributed by atoms with Crippen LogP contribution in [0.25, 0.3) is 0 Å². The Labute approximate surface area is 199 Å². The zero-order valence-corrected chi connectivity index (χ0v) is 18.7. The second kappa shape index (κ2) is 11.0. The van der Waals surface area contributed by atoms with E-state index in [-0.39, 0.29) is 36.2 Å². The highest BCUT2D eigenvalue weighted by Gasteiger charge is 2.33. The van der Waals surface area contributed by atoms with E-state index in [1.165, 1.54) is 17.0 Å². The van der Waals surface area contributed by atoms with Crippen LogP contribution in [0.5, 0.6) is 0 Å². The number of nitrogens with zero attached hydrogens (tertiary/aromatic N) is 3. The summed E-state index contributed by atoms with van der Waals surface area (Å²) in [6.45, 7) is 0.717. The largest absolute Gasteiger partial charge is 0.416 e. The van der Waals surface area contributed by atoms with E-state index in [9.17, 15) is 18.0 Å². The van der Waals surface area contributed by atoms with Crippen LogP contribution in [0.1, 0.15) is 29.5 Å². The number of nitrogens with one attached hydrogen (secondary N) is 3. The maximum absolute atomic E-state index is 12.9. The number of rotatable bonds is 7. The van der Waals surface area contributed by atoms with Gasteiger partial charge in [-0.25, -0.2) is 4.99 Å². The van der Waals surface area contributed by atoms with E-state index in [2.05, 4.69) is 15.6 Å². The van der Waals surface area contributed by atoms with E-state index in [1.54, 1.807) is 30.5 Å². The minimum atomic E-state index is -4.48. The molecule has 34 heavy (non-hydrogen) atoms. The predicted octanol–water partition coefficient (Wildman–Crippen LogP) is 3.93. The Balaban J connectivity index is 1.77. The first-order valence-corrected chi connectivity index (χ1v) is 10.8. The lowest BCUT2D eigenvalue weighted by molar-refractivity contribution is -0.137. The molecular formula is C23H22ClF3N6O. The van der Waals surface area contributed by atoms with Gasteiger partial charge in [-0.15, -0.1) is 0 Å². The van der Waals surface area contributed by atoms with E-state index in [4.69, 9.17) is 22.3 Å². The molecule has 0 aromatic heterocycles. The normalized spacial score (nSPS) is 15.1. The predicted molar refractivity (Wildman–Crippen MR) is 122 cm³/mol. The van der Waals surface area contributed by atoms with Gasteiger partial charge in [0.1, 0.15) is 0 Å². The monoisotopic (exact) mass is 490 g/mol. The van der Waals surface area contributed by atoms with Gasteiger partial charge < -0.3 is 15.6 Å². The van der Waals surface area contributed by atoms with Crippen molar-refractivity contribution in [2.24, 2.45) is 4.99 Å². The highest BCUT2D eigenvalue weighted by molar-refractivity contribution is 6.30. The molecule has 1 unspecified atom stereocenters. The summed E-state index contributed by atoms with van der Waals surface area (Å²) < 4.78 is 38.7. The Morgan fingerprint density at radius 3 is 2.44 bits per heavy atom. The van der Waals surface area contributed by atoms with Gasteiger partial charge in [0, 0.05) is 24.5 Å². The van der Waals surface area contributed by atoms with Crippen LogP contribution in [0.2, 0.25) is 5.02 Å². The van der Waals surface area contributed by atoms with Crippen LogP contribution in [0, 0.1) is 16.9 Å². The molecule has 0 saturated carbocycles. The minimum absolute atomic E-state index is 0.00881. The number of alkyl halides is 3. The van der Waals surface area contributed by atoms with E-state index in [0.29, 0.717) is 24.4 Å². The van der Waals surface area contributed by atoms with Crippen molar-refractivity contribution >= 4 is 29.2 Å². The van der Waals surface area contributed by atoms with Crippen molar-refractivity contribution in [2.45, 2.75) is 31.6 Å². The number of guanidine groups is 1. The van der Waals surface area contributed by atoms with Gasteiger partial charge in [0.05, 0.1) is 23.9 Å². The van der Waals surface area contributed by atoms with Crippen LogP contribution in [0.15, 0.2) is 53.5 Å². The van der Waals surface area contributed by atoms with Gasteiger partial charge in [-0.2, -0.15) is 18.4 Å². The van der Waals surface area contributed by atoms with Gasteiger partial charge in [0.15, 0.2) is 6.19 Å². The molecule has 0 bridgehead atoms. The van der Waals surface area contributed by atoms with Crippen LogP contribution in [-0.4, -0.2) is 41.6 Å². The molecule has 1 heterocycles. The van der Waals surface area contributed by atoms with Gasteiger partial charge >= 0.3 is 6.18 Å². The van der Waals surface area contributed by atoms with Crippen LogP contribution in [0.3, 0.4) is 0 Å². The molecule has 2 aromatic carbocycles. The Morgan fingerprint density at radius 2 is 1.88 bits per heavy atom. The molecule has 1 saturated heterocycles. The second-order valence-corrected chi connectivity index (χ2v) is 8.04. The molecule has 0 radical (unpaired) electrons. The minimum Gasteiger partial charge on any atom is -0.353 e. The molecule has 2 aromatic rings. The fourth-order valence-corrected chi connectivity index (χ4v) is 3.67. The molecule has 3 N–H and O–H groups in total. The smallest absolute Gasteiger partial charge is 0.353 e. The number of aliphatic imine (C=N–C) groups is 1. The standard InChI is InChI=1S/C23H22ClF3N6O/c24-18-9-3-15(4-10-18)12-30-22(32-14-28)31-13-19(33-11-1-2-20(33)34)21(29)16-5-7-17(8-6-16)23(25,26)27/h3-10,19,29H,1-2,11-13H2,(H2,30,31,32). The number of likely N-dealkylation sites (tertiary alicyclic amines) is 1. The molecule has 178 valence electrons. The zero-order chi connectivity index (χ0) is 24.7. The fourth-order valence-electron chi connectivity index (χ4n) is 3.54. The highest BCUT2D eigenvalue weighted by Crippen LogP contribution is 2.29. The summed E-state index contributed by atoms with van der Waals surface area (Å²) in [5, 5.41) is 23.7. The number of amides is 1. The lowest BCUT2D eigenvalue weighted by Crippen LogP contribution is -2.50. The summed E-state index contributed by atoms with van der Waals surface area (Å²) in [4.78, 5) is 18.2. The second-order valence-electron chi connectivity index (χ2n) is 7.60. The average molecular weight is 491 g/mol. The maximum atomic E-state index is 12.9. The molecule has 1 aliphatic rings. The van der Waals surface area contributed by atoms with Crippen molar-refractivity contribution in [1.82, 2.24) is 15.5 Å². The number of nitriles is 1.